The Balaban J connectivity index is 2.89. The van der Waals surface area contributed by atoms with Crippen LogP contribution in [-0.4, -0.2) is 13.7 Å². The molecule has 0 radical (unpaired) electrons. The molecular weight excluding hydrogens is 287 g/mol. The van der Waals surface area contributed by atoms with Gasteiger partial charge in [0.1, 0.15) is 5.82 Å². The van der Waals surface area contributed by atoms with Crippen LogP contribution in [0.5, 0.6) is 0 Å². The Bertz CT molecular complexity index is 362. The van der Waals surface area contributed by atoms with Gasteiger partial charge in [0.25, 0.3) is 0 Å². The van der Waals surface area contributed by atoms with Crippen molar-refractivity contribution in [3.05, 3.63) is 34.1 Å². The minimum absolute atomic E-state index is 0.184. The lowest BCUT2D eigenvalue weighted by Gasteiger charge is -2.24. The maximum Gasteiger partial charge on any atom is 0.142 e. The molecule has 1 aromatic carbocycles. The Morgan fingerprint density at radius 1 is 1.53 bits per heavy atom. The molecule has 5 heteroatoms. The SMILES string of the molecule is COCCC(C)C(NN)c1cccc(Br)c1F. The molecule has 2 atom stereocenters. The molecule has 1 rings (SSSR count). The first-order chi connectivity index (χ1) is 8.11. The highest BCUT2D eigenvalue weighted by Crippen LogP contribution is 2.29. The third kappa shape index (κ3) is 3.74. The van der Waals surface area contributed by atoms with Gasteiger partial charge in [0.2, 0.25) is 0 Å². The third-order valence-corrected chi connectivity index (χ3v) is 3.45. The summed E-state index contributed by atoms with van der Waals surface area (Å²) in [6.45, 7) is 2.65. The van der Waals surface area contributed by atoms with Gasteiger partial charge in [0.15, 0.2) is 0 Å². The summed E-state index contributed by atoms with van der Waals surface area (Å²) in [6.07, 6.45) is 0.817. The van der Waals surface area contributed by atoms with Crippen LogP contribution in [0.25, 0.3) is 0 Å². The van der Waals surface area contributed by atoms with Gasteiger partial charge in [-0.05, 0) is 34.3 Å². The lowest BCUT2D eigenvalue weighted by Crippen LogP contribution is -2.33. The average molecular weight is 305 g/mol. The van der Waals surface area contributed by atoms with Gasteiger partial charge in [-0.15, -0.1) is 0 Å². The Hall–Kier alpha value is -0.490. The largest absolute Gasteiger partial charge is 0.385 e. The fourth-order valence-corrected chi connectivity index (χ4v) is 2.17. The molecular formula is C12H18BrFN2O. The molecule has 2 unspecified atom stereocenters. The summed E-state index contributed by atoms with van der Waals surface area (Å²) in [5.74, 6) is 5.44. The first-order valence-corrected chi connectivity index (χ1v) is 6.30. The van der Waals surface area contributed by atoms with Crippen LogP contribution in [0.2, 0.25) is 0 Å². The second-order valence-electron chi connectivity index (χ2n) is 4.05. The van der Waals surface area contributed by atoms with Crippen LogP contribution in [0, 0.1) is 11.7 Å². The van der Waals surface area contributed by atoms with E-state index in [-0.39, 0.29) is 17.8 Å². The van der Waals surface area contributed by atoms with Gasteiger partial charge in [-0.25, -0.2) is 4.39 Å². The van der Waals surface area contributed by atoms with Crippen molar-refractivity contribution >= 4 is 15.9 Å². The normalized spacial score (nSPS) is 14.6. The zero-order chi connectivity index (χ0) is 12.8. The second-order valence-corrected chi connectivity index (χ2v) is 4.90. The van der Waals surface area contributed by atoms with Crippen molar-refractivity contribution in [2.45, 2.75) is 19.4 Å². The summed E-state index contributed by atoms with van der Waals surface area (Å²) < 4.78 is 19.4. The number of halogens is 2. The van der Waals surface area contributed by atoms with E-state index in [0.29, 0.717) is 16.6 Å². The minimum atomic E-state index is -0.264. The number of hydrogen-bond donors (Lipinski definition) is 2. The number of nitrogens with one attached hydrogen (secondary N) is 1. The molecule has 0 heterocycles. The van der Waals surface area contributed by atoms with Gasteiger partial charge >= 0.3 is 0 Å². The molecule has 0 aliphatic carbocycles. The molecule has 17 heavy (non-hydrogen) atoms. The molecule has 0 aliphatic rings. The number of hydrogen-bond acceptors (Lipinski definition) is 3. The maximum absolute atomic E-state index is 13.9. The summed E-state index contributed by atoms with van der Waals surface area (Å²) >= 11 is 3.18. The molecule has 0 amide bonds. The number of rotatable bonds is 6. The summed E-state index contributed by atoms with van der Waals surface area (Å²) in [5, 5.41) is 0. The molecule has 0 fully saturated rings. The predicted octanol–water partition coefficient (Wildman–Crippen LogP) is 2.77. The maximum atomic E-state index is 13.9. The number of benzene rings is 1. The van der Waals surface area contributed by atoms with Crippen LogP contribution in [0.1, 0.15) is 24.9 Å². The zero-order valence-electron chi connectivity index (χ0n) is 10.0. The van der Waals surface area contributed by atoms with Crippen LogP contribution >= 0.6 is 15.9 Å². The quantitative estimate of drug-likeness (QED) is 0.627. The van der Waals surface area contributed by atoms with Gasteiger partial charge < -0.3 is 4.74 Å². The van der Waals surface area contributed by atoms with E-state index in [0.717, 1.165) is 6.42 Å². The third-order valence-electron chi connectivity index (χ3n) is 2.84. The van der Waals surface area contributed by atoms with Crippen LogP contribution in [0.3, 0.4) is 0 Å². The van der Waals surface area contributed by atoms with E-state index in [4.69, 9.17) is 10.6 Å². The Morgan fingerprint density at radius 3 is 2.82 bits per heavy atom. The highest BCUT2D eigenvalue weighted by atomic mass is 79.9. The monoisotopic (exact) mass is 304 g/mol. The highest BCUT2D eigenvalue weighted by Gasteiger charge is 2.21. The Morgan fingerprint density at radius 2 is 2.24 bits per heavy atom. The highest BCUT2D eigenvalue weighted by molar-refractivity contribution is 9.10. The van der Waals surface area contributed by atoms with E-state index in [2.05, 4.69) is 21.4 Å². The van der Waals surface area contributed by atoms with Crippen LogP contribution < -0.4 is 11.3 Å². The second kappa shape index (κ2) is 7.06. The number of nitrogens with two attached hydrogens (primary N) is 1. The molecule has 0 aliphatic heterocycles. The van der Waals surface area contributed by atoms with Gasteiger partial charge in [0, 0.05) is 19.3 Å². The molecule has 0 spiro atoms. The van der Waals surface area contributed by atoms with E-state index in [1.54, 1.807) is 25.3 Å². The lowest BCUT2D eigenvalue weighted by atomic mass is 9.92. The first-order valence-electron chi connectivity index (χ1n) is 5.50. The topological polar surface area (TPSA) is 47.3 Å². The van der Waals surface area contributed by atoms with Crippen LogP contribution in [-0.2, 0) is 4.74 Å². The number of ether oxygens (including phenoxy) is 1. The van der Waals surface area contributed by atoms with E-state index >= 15 is 0 Å². The van der Waals surface area contributed by atoms with Crippen molar-refractivity contribution in [3.63, 3.8) is 0 Å². The van der Waals surface area contributed by atoms with E-state index in [1.165, 1.54) is 0 Å². The summed E-state index contributed by atoms with van der Waals surface area (Å²) in [6, 6.07) is 5.00. The van der Waals surface area contributed by atoms with Gasteiger partial charge in [-0.2, -0.15) is 0 Å². The molecule has 0 aromatic heterocycles. The smallest absolute Gasteiger partial charge is 0.142 e. The molecule has 96 valence electrons. The van der Waals surface area contributed by atoms with Crippen molar-refractivity contribution < 1.29 is 9.13 Å². The number of hydrazine groups is 1. The van der Waals surface area contributed by atoms with Gasteiger partial charge in [0.05, 0.1) is 10.5 Å². The van der Waals surface area contributed by atoms with Crippen molar-refractivity contribution in [1.82, 2.24) is 5.43 Å². The molecule has 1 aromatic rings. The van der Waals surface area contributed by atoms with E-state index in [1.807, 2.05) is 6.92 Å². The fourth-order valence-electron chi connectivity index (χ4n) is 1.79. The molecule has 0 bridgehead atoms. The Kier molecular flexibility index (Phi) is 6.05. The molecule has 3 nitrogen and oxygen atoms in total. The minimum Gasteiger partial charge on any atom is -0.385 e. The fraction of sp³-hybridized carbons (Fsp3) is 0.500. The van der Waals surface area contributed by atoms with E-state index in [9.17, 15) is 4.39 Å². The van der Waals surface area contributed by atoms with Crippen molar-refractivity contribution in [3.8, 4) is 0 Å². The average Bonchev–Trinajstić information content (AvgIpc) is 2.32. The molecule has 0 saturated heterocycles. The van der Waals surface area contributed by atoms with Crippen LogP contribution in [0.15, 0.2) is 22.7 Å². The molecule has 3 N–H and O–H groups in total. The van der Waals surface area contributed by atoms with E-state index < -0.39 is 0 Å². The zero-order valence-corrected chi connectivity index (χ0v) is 11.6. The van der Waals surface area contributed by atoms with Crippen LogP contribution in [0.4, 0.5) is 4.39 Å². The lowest BCUT2D eigenvalue weighted by molar-refractivity contribution is 0.169. The first kappa shape index (κ1) is 14.6. The predicted molar refractivity (Wildman–Crippen MR) is 69.8 cm³/mol. The van der Waals surface area contributed by atoms with Crippen molar-refractivity contribution in [2.75, 3.05) is 13.7 Å². The molecule has 0 saturated carbocycles. The van der Waals surface area contributed by atoms with Gasteiger partial charge in [-0.3, -0.25) is 11.3 Å². The standard InChI is InChI=1S/C12H18BrFN2O/c1-8(6-7-17-2)12(16-15)9-4-3-5-10(13)11(9)14/h3-5,8,12,16H,6-7,15H2,1-2H3. The van der Waals surface area contributed by atoms with Crippen molar-refractivity contribution in [1.29, 1.82) is 0 Å². The van der Waals surface area contributed by atoms with Crippen molar-refractivity contribution in [2.24, 2.45) is 11.8 Å². The Labute approximate surface area is 110 Å². The number of methoxy groups -OCH3 is 1. The van der Waals surface area contributed by atoms with Gasteiger partial charge in [-0.1, -0.05) is 19.1 Å². The summed E-state index contributed by atoms with van der Waals surface area (Å²) in [4.78, 5) is 0. The summed E-state index contributed by atoms with van der Waals surface area (Å²) in [5.41, 5.74) is 3.25. The summed E-state index contributed by atoms with van der Waals surface area (Å²) in [7, 11) is 1.65.